The molecule has 0 radical (unpaired) electrons. The van der Waals surface area contributed by atoms with Gasteiger partial charge < -0.3 is 5.11 Å². The van der Waals surface area contributed by atoms with Crippen molar-refractivity contribution in [3.63, 3.8) is 0 Å². The second-order valence-corrected chi connectivity index (χ2v) is 7.81. The van der Waals surface area contributed by atoms with Crippen LogP contribution in [0.4, 0.5) is 5.69 Å². The van der Waals surface area contributed by atoms with Gasteiger partial charge in [-0.3, -0.25) is 4.31 Å². The van der Waals surface area contributed by atoms with E-state index >= 15 is 0 Å². The summed E-state index contributed by atoms with van der Waals surface area (Å²) in [5.74, 6) is -1.26. The summed E-state index contributed by atoms with van der Waals surface area (Å²) in [6.07, 6.45) is 0. The number of carboxylic acid groups (broad SMARTS) is 1. The third-order valence-electron chi connectivity index (χ3n) is 3.51. The van der Waals surface area contributed by atoms with E-state index in [9.17, 15) is 18.3 Å². The Bertz CT molecular complexity index is 883. The van der Waals surface area contributed by atoms with E-state index in [0.717, 1.165) is 4.31 Å². The SMILES string of the molecule is Cc1ccccc1N(C(C)C(=O)O)S(=O)(=O)c1ccc(Cl)c(Cl)c1. The molecule has 0 spiro atoms. The predicted molar refractivity (Wildman–Crippen MR) is 94.4 cm³/mol. The molecule has 2 aromatic rings. The minimum atomic E-state index is -4.15. The Morgan fingerprint density at radius 1 is 1.12 bits per heavy atom. The van der Waals surface area contributed by atoms with E-state index in [1.54, 1.807) is 31.2 Å². The van der Waals surface area contributed by atoms with Crippen molar-refractivity contribution in [3.05, 3.63) is 58.1 Å². The molecule has 0 bridgehead atoms. The first-order chi connectivity index (χ1) is 11.2. The fourth-order valence-corrected chi connectivity index (χ4v) is 4.28. The number of benzene rings is 2. The third kappa shape index (κ3) is 3.50. The van der Waals surface area contributed by atoms with Gasteiger partial charge in [-0.1, -0.05) is 41.4 Å². The number of nitrogens with zero attached hydrogens (tertiary/aromatic N) is 1. The quantitative estimate of drug-likeness (QED) is 0.841. The molecule has 0 fully saturated rings. The summed E-state index contributed by atoms with van der Waals surface area (Å²) >= 11 is 11.7. The second-order valence-electron chi connectivity index (χ2n) is 5.18. The van der Waals surface area contributed by atoms with E-state index in [0.29, 0.717) is 11.3 Å². The summed E-state index contributed by atoms with van der Waals surface area (Å²) in [5.41, 5.74) is 0.924. The van der Waals surface area contributed by atoms with E-state index < -0.39 is 22.0 Å². The highest BCUT2D eigenvalue weighted by Crippen LogP contribution is 2.32. The molecule has 24 heavy (non-hydrogen) atoms. The van der Waals surface area contributed by atoms with Crippen LogP contribution in [-0.4, -0.2) is 25.5 Å². The molecule has 5 nitrogen and oxygen atoms in total. The summed E-state index contributed by atoms with van der Waals surface area (Å²) in [4.78, 5) is 11.3. The van der Waals surface area contributed by atoms with Crippen LogP contribution in [0.2, 0.25) is 10.0 Å². The van der Waals surface area contributed by atoms with E-state index in [2.05, 4.69) is 0 Å². The highest BCUT2D eigenvalue weighted by molar-refractivity contribution is 7.93. The maximum atomic E-state index is 13.1. The molecule has 128 valence electrons. The smallest absolute Gasteiger partial charge is 0.327 e. The van der Waals surface area contributed by atoms with Crippen LogP contribution in [-0.2, 0) is 14.8 Å². The molecule has 0 saturated carbocycles. The number of rotatable bonds is 5. The number of anilines is 1. The van der Waals surface area contributed by atoms with Crippen molar-refractivity contribution in [2.24, 2.45) is 0 Å². The van der Waals surface area contributed by atoms with Crippen LogP contribution in [0, 0.1) is 6.92 Å². The fraction of sp³-hybridized carbons (Fsp3) is 0.188. The van der Waals surface area contributed by atoms with Crippen molar-refractivity contribution >= 4 is 44.9 Å². The van der Waals surface area contributed by atoms with Gasteiger partial charge in [-0.05, 0) is 43.7 Å². The molecule has 0 saturated heterocycles. The average Bonchev–Trinajstić information content (AvgIpc) is 2.51. The van der Waals surface area contributed by atoms with Crippen molar-refractivity contribution in [2.75, 3.05) is 4.31 Å². The van der Waals surface area contributed by atoms with Crippen molar-refractivity contribution in [1.29, 1.82) is 0 Å². The highest BCUT2D eigenvalue weighted by atomic mass is 35.5. The number of sulfonamides is 1. The summed E-state index contributed by atoms with van der Waals surface area (Å²) < 4.78 is 27.0. The number of carbonyl (C=O) groups is 1. The maximum absolute atomic E-state index is 13.1. The first kappa shape index (κ1) is 18.6. The van der Waals surface area contributed by atoms with Crippen LogP contribution in [0.1, 0.15) is 12.5 Å². The van der Waals surface area contributed by atoms with Crippen LogP contribution in [0.3, 0.4) is 0 Å². The normalized spacial score (nSPS) is 12.7. The first-order valence-electron chi connectivity index (χ1n) is 6.94. The maximum Gasteiger partial charge on any atom is 0.327 e. The van der Waals surface area contributed by atoms with Gasteiger partial charge in [-0.15, -0.1) is 0 Å². The van der Waals surface area contributed by atoms with E-state index in [1.807, 2.05) is 0 Å². The van der Waals surface area contributed by atoms with Crippen LogP contribution < -0.4 is 4.31 Å². The molecule has 1 N–H and O–H groups in total. The van der Waals surface area contributed by atoms with Gasteiger partial charge in [-0.25, -0.2) is 13.2 Å². The summed E-state index contributed by atoms with van der Waals surface area (Å²) in [7, 11) is -4.15. The number of para-hydroxylation sites is 1. The van der Waals surface area contributed by atoms with Gasteiger partial charge in [0.15, 0.2) is 0 Å². The molecular formula is C16H15Cl2NO4S. The molecule has 1 atom stereocenters. The zero-order valence-corrected chi connectivity index (χ0v) is 15.2. The number of hydrogen-bond donors (Lipinski definition) is 1. The Kier molecular flexibility index (Phi) is 5.42. The standard InChI is InChI=1S/C16H15Cl2NO4S/c1-10-5-3-4-6-15(10)19(11(2)16(20)21)24(22,23)12-7-8-13(17)14(18)9-12/h3-9,11H,1-2H3,(H,20,21). The molecule has 0 amide bonds. The summed E-state index contributed by atoms with van der Waals surface area (Å²) in [6.45, 7) is 3.02. The number of aliphatic carboxylic acids is 1. The molecule has 1 unspecified atom stereocenters. The van der Waals surface area contributed by atoms with Gasteiger partial charge >= 0.3 is 5.97 Å². The average molecular weight is 388 g/mol. The molecule has 2 aromatic carbocycles. The highest BCUT2D eigenvalue weighted by Gasteiger charge is 2.34. The predicted octanol–water partition coefficient (Wildman–Crippen LogP) is 3.97. The van der Waals surface area contributed by atoms with E-state index in [-0.39, 0.29) is 14.9 Å². The molecule has 8 heteroatoms. The van der Waals surface area contributed by atoms with Gasteiger partial charge in [0, 0.05) is 0 Å². The lowest BCUT2D eigenvalue weighted by molar-refractivity contribution is -0.137. The van der Waals surface area contributed by atoms with E-state index in [4.69, 9.17) is 23.2 Å². The Labute approximate surface area is 150 Å². The minimum absolute atomic E-state index is 0.0745. The monoisotopic (exact) mass is 387 g/mol. The Balaban J connectivity index is 2.68. The molecule has 0 heterocycles. The summed E-state index contributed by atoms with van der Waals surface area (Å²) in [6, 6.07) is 9.22. The lowest BCUT2D eigenvalue weighted by Gasteiger charge is -2.29. The van der Waals surface area contributed by atoms with Crippen molar-refractivity contribution in [2.45, 2.75) is 24.8 Å². The van der Waals surface area contributed by atoms with Crippen LogP contribution in [0.15, 0.2) is 47.4 Å². The minimum Gasteiger partial charge on any atom is -0.480 e. The molecule has 0 aliphatic rings. The van der Waals surface area contributed by atoms with Gasteiger partial charge in [0.05, 0.1) is 20.6 Å². The fourth-order valence-electron chi connectivity index (χ4n) is 2.21. The van der Waals surface area contributed by atoms with Crippen LogP contribution >= 0.6 is 23.2 Å². The largest absolute Gasteiger partial charge is 0.480 e. The molecule has 2 rings (SSSR count). The van der Waals surface area contributed by atoms with E-state index in [1.165, 1.54) is 25.1 Å². The Hall–Kier alpha value is -1.76. The lowest BCUT2D eigenvalue weighted by Crippen LogP contribution is -2.43. The molecule has 0 aliphatic carbocycles. The number of hydrogen-bond acceptors (Lipinski definition) is 3. The third-order valence-corrected chi connectivity index (χ3v) is 6.13. The Morgan fingerprint density at radius 3 is 2.29 bits per heavy atom. The topological polar surface area (TPSA) is 74.7 Å². The zero-order valence-electron chi connectivity index (χ0n) is 12.9. The Morgan fingerprint density at radius 2 is 1.75 bits per heavy atom. The van der Waals surface area contributed by atoms with Gasteiger partial charge in [0.2, 0.25) is 0 Å². The number of halogens is 2. The number of aryl methyl sites for hydroxylation is 1. The summed E-state index contributed by atoms with van der Waals surface area (Å²) in [5, 5.41) is 9.65. The first-order valence-corrected chi connectivity index (χ1v) is 9.13. The van der Waals surface area contributed by atoms with Gasteiger partial charge in [0.1, 0.15) is 6.04 Å². The van der Waals surface area contributed by atoms with Crippen LogP contribution in [0.25, 0.3) is 0 Å². The van der Waals surface area contributed by atoms with Crippen molar-refractivity contribution in [3.8, 4) is 0 Å². The number of carboxylic acids is 1. The van der Waals surface area contributed by atoms with Gasteiger partial charge in [-0.2, -0.15) is 0 Å². The molecular weight excluding hydrogens is 373 g/mol. The zero-order chi connectivity index (χ0) is 18.1. The van der Waals surface area contributed by atoms with Crippen LogP contribution in [0.5, 0.6) is 0 Å². The van der Waals surface area contributed by atoms with Gasteiger partial charge in [0.25, 0.3) is 10.0 Å². The second kappa shape index (κ2) is 7.01. The molecule has 0 aromatic heterocycles. The van der Waals surface area contributed by atoms with Crippen molar-refractivity contribution < 1.29 is 18.3 Å². The molecule has 0 aliphatic heterocycles. The van der Waals surface area contributed by atoms with Crippen molar-refractivity contribution in [1.82, 2.24) is 0 Å². The lowest BCUT2D eigenvalue weighted by atomic mass is 10.2.